The lowest BCUT2D eigenvalue weighted by Crippen LogP contribution is -2.53. The summed E-state index contributed by atoms with van der Waals surface area (Å²) in [5.41, 5.74) is 11.6. The largest absolute Gasteiger partial charge is 0.382 e. The molecule has 0 saturated carbocycles. The smallest absolute Gasteiger partial charge is 0.255 e. The molecule has 0 unspecified atom stereocenters. The molecule has 1 aliphatic heterocycles. The van der Waals surface area contributed by atoms with Gasteiger partial charge in [-0.3, -0.25) is 9.69 Å². The fourth-order valence-electron chi connectivity index (χ4n) is 2.32. The van der Waals surface area contributed by atoms with Gasteiger partial charge in [-0.1, -0.05) is 0 Å². The lowest BCUT2D eigenvalue weighted by atomic mass is 10.0. The molecule has 1 aromatic heterocycles. The molecular formula is C12H21N5OS. The van der Waals surface area contributed by atoms with E-state index in [-0.39, 0.29) is 11.4 Å². The van der Waals surface area contributed by atoms with Gasteiger partial charge in [0.1, 0.15) is 10.6 Å². The SMILES string of the molecule is CC(C)(C)N1CCN(c2snc(N)c2C(N)=O)CC1. The molecular weight excluding hydrogens is 262 g/mol. The maximum absolute atomic E-state index is 11.4. The van der Waals surface area contributed by atoms with Crippen molar-refractivity contribution in [3.63, 3.8) is 0 Å². The van der Waals surface area contributed by atoms with Crippen LogP contribution in [0.3, 0.4) is 0 Å². The van der Waals surface area contributed by atoms with Crippen LogP contribution in [0.4, 0.5) is 10.8 Å². The molecule has 1 aliphatic rings. The van der Waals surface area contributed by atoms with Crippen molar-refractivity contribution in [1.82, 2.24) is 9.27 Å². The Labute approximate surface area is 117 Å². The molecule has 0 aromatic carbocycles. The lowest BCUT2D eigenvalue weighted by Gasteiger charge is -2.42. The number of nitrogens with two attached hydrogens (primary N) is 2. The average Bonchev–Trinajstić information content (AvgIpc) is 2.70. The highest BCUT2D eigenvalue weighted by atomic mass is 32.1. The Morgan fingerprint density at radius 2 is 1.84 bits per heavy atom. The van der Waals surface area contributed by atoms with Crippen molar-refractivity contribution in [3.05, 3.63) is 5.56 Å². The van der Waals surface area contributed by atoms with Crippen molar-refractivity contribution in [2.75, 3.05) is 36.8 Å². The quantitative estimate of drug-likeness (QED) is 0.836. The van der Waals surface area contributed by atoms with Gasteiger partial charge in [0.05, 0.1) is 0 Å². The molecule has 19 heavy (non-hydrogen) atoms. The minimum atomic E-state index is -0.500. The van der Waals surface area contributed by atoms with Crippen LogP contribution in [-0.4, -0.2) is 46.9 Å². The highest BCUT2D eigenvalue weighted by Crippen LogP contribution is 2.31. The Morgan fingerprint density at radius 3 is 2.32 bits per heavy atom. The van der Waals surface area contributed by atoms with E-state index in [1.807, 2.05) is 0 Å². The molecule has 1 amide bonds. The number of carbonyl (C=O) groups is 1. The third kappa shape index (κ3) is 2.82. The van der Waals surface area contributed by atoms with Crippen LogP contribution in [0, 0.1) is 0 Å². The Morgan fingerprint density at radius 1 is 1.26 bits per heavy atom. The van der Waals surface area contributed by atoms with Gasteiger partial charge in [0.15, 0.2) is 5.82 Å². The van der Waals surface area contributed by atoms with E-state index in [0.717, 1.165) is 31.2 Å². The van der Waals surface area contributed by atoms with Gasteiger partial charge in [-0.05, 0) is 32.3 Å². The molecule has 2 heterocycles. The number of hydrogen-bond donors (Lipinski definition) is 2. The predicted molar refractivity (Wildman–Crippen MR) is 78.6 cm³/mol. The zero-order chi connectivity index (χ0) is 14.2. The summed E-state index contributed by atoms with van der Waals surface area (Å²) in [5.74, 6) is -0.259. The molecule has 106 valence electrons. The van der Waals surface area contributed by atoms with Crippen molar-refractivity contribution >= 4 is 28.3 Å². The van der Waals surface area contributed by atoms with Crippen LogP contribution in [-0.2, 0) is 0 Å². The van der Waals surface area contributed by atoms with E-state index in [2.05, 4.69) is 34.9 Å². The summed E-state index contributed by atoms with van der Waals surface area (Å²) in [6.07, 6.45) is 0. The molecule has 0 bridgehead atoms. The van der Waals surface area contributed by atoms with Crippen LogP contribution in [0.2, 0.25) is 0 Å². The number of amides is 1. The maximum Gasteiger partial charge on any atom is 0.255 e. The van der Waals surface area contributed by atoms with Crippen LogP contribution in [0.5, 0.6) is 0 Å². The first-order chi connectivity index (χ1) is 8.80. The van der Waals surface area contributed by atoms with Gasteiger partial charge in [-0.2, -0.15) is 4.37 Å². The molecule has 2 rings (SSSR count). The third-order valence-electron chi connectivity index (χ3n) is 3.46. The fraction of sp³-hybridized carbons (Fsp3) is 0.667. The average molecular weight is 283 g/mol. The molecule has 0 aliphatic carbocycles. The van der Waals surface area contributed by atoms with Crippen LogP contribution in [0.25, 0.3) is 0 Å². The summed E-state index contributed by atoms with van der Waals surface area (Å²) in [6, 6.07) is 0. The van der Waals surface area contributed by atoms with E-state index in [1.165, 1.54) is 11.5 Å². The highest BCUT2D eigenvalue weighted by molar-refractivity contribution is 7.11. The van der Waals surface area contributed by atoms with Crippen LogP contribution >= 0.6 is 11.5 Å². The van der Waals surface area contributed by atoms with Crippen molar-refractivity contribution < 1.29 is 4.79 Å². The van der Waals surface area contributed by atoms with Crippen LogP contribution in [0.15, 0.2) is 0 Å². The number of piperazine rings is 1. The van der Waals surface area contributed by atoms with Crippen molar-refractivity contribution in [2.24, 2.45) is 5.73 Å². The second-order valence-electron chi connectivity index (χ2n) is 5.76. The standard InChI is InChI=1S/C12H21N5OS/c1-12(2,3)17-6-4-16(5-7-17)11-8(10(14)18)9(13)15-19-11/h4-7H2,1-3H3,(H2,13,15)(H2,14,18). The number of rotatable bonds is 2. The zero-order valence-corrected chi connectivity index (χ0v) is 12.5. The van der Waals surface area contributed by atoms with Gasteiger partial charge in [-0.15, -0.1) is 0 Å². The molecule has 4 N–H and O–H groups in total. The summed E-state index contributed by atoms with van der Waals surface area (Å²) < 4.78 is 4.04. The fourth-order valence-corrected chi connectivity index (χ4v) is 3.19. The molecule has 1 saturated heterocycles. The molecule has 0 spiro atoms. The third-order valence-corrected chi connectivity index (χ3v) is 4.39. The van der Waals surface area contributed by atoms with E-state index in [9.17, 15) is 4.79 Å². The van der Waals surface area contributed by atoms with Crippen LogP contribution < -0.4 is 16.4 Å². The molecule has 0 radical (unpaired) electrons. The second-order valence-corrected chi connectivity index (χ2v) is 6.51. The number of primary amides is 1. The number of carbonyl (C=O) groups excluding carboxylic acids is 1. The second kappa shape index (κ2) is 4.97. The van der Waals surface area contributed by atoms with E-state index >= 15 is 0 Å². The first kappa shape index (κ1) is 14.1. The lowest BCUT2D eigenvalue weighted by molar-refractivity contribution is 0.100. The van der Waals surface area contributed by atoms with Gasteiger partial charge in [0.25, 0.3) is 5.91 Å². The van der Waals surface area contributed by atoms with Crippen LogP contribution in [0.1, 0.15) is 31.1 Å². The number of nitrogens with zero attached hydrogens (tertiary/aromatic N) is 3. The maximum atomic E-state index is 11.4. The van der Waals surface area contributed by atoms with Gasteiger partial charge in [0.2, 0.25) is 0 Å². The van der Waals surface area contributed by atoms with Crippen molar-refractivity contribution in [3.8, 4) is 0 Å². The molecule has 0 atom stereocenters. The van der Waals surface area contributed by atoms with Gasteiger partial charge in [0, 0.05) is 31.7 Å². The Bertz CT molecular complexity index is 471. The first-order valence-corrected chi connectivity index (χ1v) is 7.13. The normalized spacial score (nSPS) is 17.7. The van der Waals surface area contributed by atoms with Crippen molar-refractivity contribution in [2.45, 2.75) is 26.3 Å². The summed E-state index contributed by atoms with van der Waals surface area (Å²) in [4.78, 5) is 16.0. The monoisotopic (exact) mass is 283 g/mol. The molecule has 1 fully saturated rings. The number of anilines is 2. The van der Waals surface area contributed by atoms with E-state index in [0.29, 0.717) is 5.56 Å². The minimum Gasteiger partial charge on any atom is -0.382 e. The van der Waals surface area contributed by atoms with Gasteiger partial charge >= 0.3 is 0 Å². The molecule has 1 aromatic rings. The summed E-state index contributed by atoms with van der Waals surface area (Å²) in [6.45, 7) is 10.3. The van der Waals surface area contributed by atoms with E-state index in [1.54, 1.807) is 0 Å². The topological polar surface area (TPSA) is 88.5 Å². The highest BCUT2D eigenvalue weighted by Gasteiger charge is 2.29. The molecule has 6 nitrogen and oxygen atoms in total. The predicted octanol–water partition coefficient (Wildman–Crippen LogP) is 0.745. The number of nitrogen functional groups attached to an aromatic ring is 1. The van der Waals surface area contributed by atoms with E-state index in [4.69, 9.17) is 11.5 Å². The van der Waals surface area contributed by atoms with Gasteiger partial charge < -0.3 is 16.4 Å². The number of hydrogen-bond acceptors (Lipinski definition) is 6. The Balaban J connectivity index is 2.12. The van der Waals surface area contributed by atoms with Gasteiger partial charge in [-0.25, -0.2) is 0 Å². The Hall–Kier alpha value is -1.34. The minimum absolute atomic E-state index is 0.172. The summed E-state index contributed by atoms with van der Waals surface area (Å²) in [7, 11) is 0. The number of aromatic nitrogens is 1. The summed E-state index contributed by atoms with van der Waals surface area (Å²) in [5, 5.41) is 0.804. The van der Waals surface area contributed by atoms with Crippen molar-refractivity contribution in [1.29, 1.82) is 0 Å². The molecule has 7 heteroatoms. The zero-order valence-electron chi connectivity index (χ0n) is 11.6. The first-order valence-electron chi connectivity index (χ1n) is 6.35. The summed E-state index contributed by atoms with van der Waals surface area (Å²) >= 11 is 1.25. The Kier molecular flexibility index (Phi) is 3.69. The van der Waals surface area contributed by atoms with E-state index < -0.39 is 5.91 Å².